The third-order valence-corrected chi connectivity index (χ3v) is 3.88. The predicted octanol–water partition coefficient (Wildman–Crippen LogP) is 0.478. The minimum absolute atomic E-state index is 0.0903. The summed E-state index contributed by atoms with van der Waals surface area (Å²) in [6.07, 6.45) is 2.75. The van der Waals surface area contributed by atoms with Gasteiger partial charge in [-0.2, -0.15) is 0 Å². The van der Waals surface area contributed by atoms with E-state index in [-0.39, 0.29) is 5.25 Å². The fraction of sp³-hybridized carbons (Fsp3) is 1.00. The lowest BCUT2D eigenvalue weighted by Gasteiger charge is -2.24. The van der Waals surface area contributed by atoms with E-state index < -0.39 is 10.0 Å². The molecule has 1 fully saturated rings. The van der Waals surface area contributed by atoms with Gasteiger partial charge in [0, 0.05) is 6.54 Å². The van der Waals surface area contributed by atoms with Crippen LogP contribution in [-0.4, -0.2) is 20.2 Å². The van der Waals surface area contributed by atoms with Crippen LogP contribution in [0.3, 0.4) is 0 Å². The summed E-state index contributed by atoms with van der Waals surface area (Å²) in [6.45, 7) is 2.31. The molecule has 0 aromatic heterocycles. The highest BCUT2D eigenvalue weighted by Gasteiger charge is 2.29. The van der Waals surface area contributed by atoms with Crippen LogP contribution in [0.15, 0.2) is 0 Å². The van der Waals surface area contributed by atoms with Crippen LogP contribution in [0.4, 0.5) is 0 Å². The zero-order valence-electron chi connectivity index (χ0n) is 6.13. The van der Waals surface area contributed by atoms with Gasteiger partial charge >= 0.3 is 0 Å². The molecule has 4 heteroatoms. The van der Waals surface area contributed by atoms with Gasteiger partial charge in [0.2, 0.25) is 10.0 Å². The molecular weight excluding hydrogens is 150 g/mol. The Kier molecular flexibility index (Phi) is 2.31. The highest BCUT2D eigenvalue weighted by Crippen LogP contribution is 2.24. The van der Waals surface area contributed by atoms with E-state index >= 15 is 0 Å². The predicted molar refractivity (Wildman–Crippen MR) is 40.2 cm³/mol. The molecule has 0 spiro atoms. The van der Waals surface area contributed by atoms with Gasteiger partial charge in [-0.05, 0) is 12.8 Å². The van der Waals surface area contributed by atoms with E-state index in [0.717, 1.165) is 19.3 Å². The Balaban J connectivity index is 2.50. The first-order valence-electron chi connectivity index (χ1n) is 3.65. The van der Waals surface area contributed by atoms with Crippen molar-refractivity contribution in [3.63, 3.8) is 0 Å². The maximum Gasteiger partial charge on any atom is 0.214 e. The summed E-state index contributed by atoms with van der Waals surface area (Å²) in [7, 11) is -2.92. The molecule has 1 aliphatic rings. The van der Waals surface area contributed by atoms with Gasteiger partial charge in [0.1, 0.15) is 0 Å². The van der Waals surface area contributed by atoms with Crippen LogP contribution in [0.5, 0.6) is 0 Å². The van der Waals surface area contributed by atoms with Crippen LogP contribution in [0.25, 0.3) is 0 Å². The Morgan fingerprint density at radius 2 is 2.10 bits per heavy atom. The quantitative estimate of drug-likeness (QED) is 0.657. The van der Waals surface area contributed by atoms with Crippen molar-refractivity contribution < 1.29 is 8.42 Å². The van der Waals surface area contributed by atoms with Crippen molar-refractivity contribution in [2.24, 2.45) is 0 Å². The third kappa shape index (κ3) is 1.49. The van der Waals surface area contributed by atoms with Crippen LogP contribution in [0.2, 0.25) is 0 Å². The Morgan fingerprint density at radius 1 is 1.50 bits per heavy atom. The smallest absolute Gasteiger partial charge is 0.214 e. The Morgan fingerprint density at radius 3 is 2.40 bits per heavy atom. The van der Waals surface area contributed by atoms with Crippen LogP contribution < -0.4 is 4.72 Å². The van der Waals surface area contributed by atoms with Crippen molar-refractivity contribution in [2.45, 2.75) is 31.4 Å². The van der Waals surface area contributed by atoms with Gasteiger partial charge in [0.15, 0.2) is 0 Å². The van der Waals surface area contributed by atoms with Crippen LogP contribution in [0.1, 0.15) is 26.2 Å². The number of rotatable bonds is 3. The molecule has 0 radical (unpaired) electrons. The number of nitrogens with one attached hydrogen (secondary N) is 1. The van der Waals surface area contributed by atoms with Crippen LogP contribution in [0, 0.1) is 0 Å². The average Bonchev–Trinajstić information content (AvgIpc) is 1.56. The van der Waals surface area contributed by atoms with Gasteiger partial charge in [-0.25, -0.2) is 13.1 Å². The molecule has 0 bridgehead atoms. The maximum absolute atomic E-state index is 11.1. The van der Waals surface area contributed by atoms with Crippen molar-refractivity contribution in [3.05, 3.63) is 0 Å². The monoisotopic (exact) mass is 163 g/mol. The second kappa shape index (κ2) is 2.88. The SMILES string of the molecule is CCNS(=O)(=O)C1CCC1. The molecule has 1 rings (SSSR count). The molecule has 0 unspecified atom stereocenters. The van der Waals surface area contributed by atoms with Gasteiger partial charge in [0.05, 0.1) is 5.25 Å². The molecule has 0 aromatic carbocycles. The largest absolute Gasteiger partial charge is 0.215 e. The lowest BCUT2D eigenvalue weighted by molar-refractivity contribution is 0.470. The Hall–Kier alpha value is -0.0900. The summed E-state index contributed by atoms with van der Waals surface area (Å²) in [6, 6.07) is 0. The summed E-state index contributed by atoms with van der Waals surface area (Å²) in [5, 5.41) is -0.0903. The second-order valence-corrected chi connectivity index (χ2v) is 4.64. The number of sulfonamides is 1. The zero-order chi connectivity index (χ0) is 7.61. The van der Waals surface area contributed by atoms with E-state index in [9.17, 15) is 8.42 Å². The van der Waals surface area contributed by atoms with Gasteiger partial charge in [-0.3, -0.25) is 0 Å². The molecule has 0 saturated heterocycles. The normalized spacial score (nSPS) is 20.5. The zero-order valence-corrected chi connectivity index (χ0v) is 6.95. The molecule has 3 nitrogen and oxygen atoms in total. The van der Waals surface area contributed by atoms with E-state index in [2.05, 4.69) is 4.72 Å². The van der Waals surface area contributed by atoms with Crippen LogP contribution in [-0.2, 0) is 10.0 Å². The lowest BCUT2D eigenvalue weighted by Crippen LogP contribution is -2.38. The molecule has 0 aliphatic heterocycles. The molecule has 1 N–H and O–H groups in total. The fourth-order valence-electron chi connectivity index (χ4n) is 1.00. The van der Waals surface area contributed by atoms with Gasteiger partial charge in [0.25, 0.3) is 0 Å². The first kappa shape index (κ1) is 8.01. The molecule has 10 heavy (non-hydrogen) atoms. The standard InChI is InChI=1S/C6H13NO2S/c1-2-7-10(8,9)6-4-3-5-6/h6-7H,2-5H2,1H3. The minimum atomic E-state index is -2.92. The van der Waals surface area contributed by atoms with E-state index in [1.165, 1.54) is 0 Å². The Bertz CT molecular complexity index is 194. The topological polar surface area (TPSA) is 46.2 Å². The van der Waals surface area contributed by atoms with Crippen molar-refractivity contribution in [2.75, 3.05) is 6.54 Å². The van der Waals surface area contributed by atoms with E-state index in [0.29, 0.717) is 6.54 Å². The molecule has 60 valence electrons. The minimum Gasteiger partial charge on any atom is -0.215 e. The molecular formula is C6H13NO2S. The van der Waals surface area contributed by atoms with Gasteiger partial charge < -0.3 is 0 Å². The van der Waals surface area contributed by atoms with Crippen molar-refractivity contribution in [1.82, 2.24) is 4.72 Å². The molecule has 0 aromatic rings. The Labute approximate surface area is 61.9 Å². The van der Waals surface area contributed by atoms with Gasteiger partial charge in [-0.1, -0.05) is 13.3 Å². The second-order valence-electron chi connectivity index (χ2n) is 2.60. The summed E-state index contributed by atoms with van der Waals surface area (Å²) < 4.78 is 24.7. The summed E-state index contributed by atoms with van der Waals surface area (Å²) >= 11 is 0. The highest BCUT2D eigenvalue weighted by atomic mass is 32.2. The van der Waals surface area contributed by atoms with Crippen LogP contribution >= 0.6 is 0 Å². The van der Waals surface area contributed by atoms with Crippen molar-refractivity contribution in [1.29, 1.82) is 0 Å². The highest BCUT2D eigenvalue weighted by molar-refractivity contribution is 7.90. The summed E-state index contributed by atoms with van der Waals surface area (Å²) in [4.78, 5) is 0. The van der Waals surface area contributed by atoms with Crippen molar-refractivity contribution in [3.8, 4) is 0 Å². The molecule has 0 atom stereocenters. The molecule has 1 aliphatic carbocycles. The first-order valence-corrected chi connectivity index (χ1v) is 5.20. The number of hydrogen-bond donors (Lipinski definition) is 1. The number of hydrogen-bond acceptors (Lipinski definition) is 2. The molecule has 0 amide bonds. The van der Waals surface area contributed by atoms with E-state index in [1.54, 1.807) is 6.92 Å². The third-order valence-electron chi connectivity index (χ3n) is 1.84. The first-order chi connectivity index (χ1) is 4.67. The average molecular weight is 163 g/mol. The van der Waals surface area contributed by atoms with E-state index in [4.69, 9.17) is 0 Å². The fourth-order valence-corrected chi connectivity index (χ4v) is 2.59. The van der Waals surface area contributed by atoms with E-state index in [1.807, 2.05) is 0 Å². The summed E-state index contributed by atoms with van der Waals surface area (Å²) in [5.74, 6) is 0. The summed E-state index contributed by atoms with van der Waals surface area (Å²) in [5.41, 5.74) is 0. The lowest BCUT2D eigenvalue weighted by atomic mass is 10.0. The molecule has 1 saturated carbocycles. The van der Waals surface area contributed by atoms with Crippen molar-refractivity contribution >= 4 is 10.0 Å². The maximum atomic E-state index is 11.1. The molecule has 0 heterocycles. The van der Waals surface area contributed by atoms with Gasteiger partial charge in [-0.15, -0.1) is 0 Å².